The fourth-order valence-corrected chi connectivity index (χ4v) is 6.72. The molecule has 2 heteroatoms. The highest BCUT2D eigenvalue weighted by molar-refractivity contribution is 6.12. The Balaban J connectivity index is 1.55. The molecule has 0 radical (unpaired) electrons. The van der Waals surface area contributed by atoms with Crippen molar-refractivity contribution in [3.05, 3.63) is 64.8 Å². The SMILES string of the molecule is [2H]C([2H])([2H])c1cnc(-c2ccc3oc4cccc5c4c3c2C2C3CCC(CC3)C52)cc1C([2H])([2H])[2H]. The van der Waals surface area contributed by atoms with Crippen molar-refractivity contribution in [2.24, 2.45) is 11.8 Å². The number of hydrogen-bond acceptors (Lipinski definition) is 2. The first-order chi connectivity index (χ1) is 16.6. The number of furan rings is 1. The molecule has 2 aromatic carbocycles. The van der Waals surface area contributed by atoms with Gasteiger partial charge in [-0.25, -0.2) is 0 Å². The Labute approximate surface area is 179 Å². The Morgan fingerprint density at radius 1 is 0.897 bits per heavy atom. The van der Waals surface area contributed by atoms with Gasteiger partial charge in [0.15, 0.2) is 0 Å². The van der Waals surface area contributed by atoms with Crippen LogP contribution < -0.4 is 0 Å². The highest BCUT2D eigenvalue weighted by atomic mass is 16.3. The smallest absolute Gasteiger partial charge is 0.135 e. The van der Waals surface area contributed by atoms with Crippen LogP contribution in [0.1, 0.15) is 68.0 Å². The van der Waals surface area contributed by atoms with Crippen molar-refractivity contribution < 1.29 is 12.6 Å². The molecule has 4 aromatic rings. The molecule has 144 valence electrons. The third-order valence-electron chi connectivity index (χ3n) is 7.83. The molecule has 3 fully saturated rings. The third kappa shape index (κ3) is 2.00. The summed E-state index contributed by atoms with van der Waals surface area (Å²) in [5, 5.41) is 2.31. The summed E-state index contributed by atoms with van der Waals surface area (Å²) in [4.78, 5) is 4.55. The van der Waals surface area contributed by atoms with Crippen LogP contribution in [0, 0.1) is 25.5 Å². The molecule has 2 bridgehead atoms. The summed E-state index contributed by atoms with van der Waals surface area (Å²) in [5.41, 5.74) is 5.41. The minimum absolute atomic E-state index is 0.148. The van der Waals surface area contributed by atoms with Gasteiger partial charge in [-0.05, 0) is 110 Å². The van der Waals surface area contributed by atoms with Gasteiger partial charge in [-0.3, -0.25) is 4.98 Å². The molecular formula is C27H25NO. The lowest BCUT2D eigenvalue weighted by Crippen LogP contribution is -2.38. The summed E-state index contributed by atoms with van der Waals surface area (Å²) >= 11 is 0. The van der Waals surface area contributed by atoms with E-state index >= 15 is 0 Å². The van der Waals surface area contributed by atoms with Crippen molar-refractivity contribution in [2.45, 2.75) is 51.2 Å². The van der Waals surface area contributed by atoms with Crippen molar-refractivity contribution in [2.75, 3.05) is 0 Å². The van der Waals surface area contributed by atoms with Crippen LogP contribution in [0.4, 0.5) is 0 Å². The second-order valence-corrected chi connectivity index (χ2v) is 9.06. The Morgan fingerprint density at radius 2 is 1.69 bits per heavy atom. The van der Waals surface area contributed by atoms with E-state index in [9.17, 15) is 0 Å². The average molecular weight is 386 g/mol. The number of fused-ring (bicyclic) bond motifs is 2. The average Bonchev–Trinajstić information content (AvgIpc) is 3.21. The summed E-state index contributed by atoms with van der Waals surface area (Å²) in [6.45, 7) is -5.10. The van der Waals surface area contributed by atoms with Gasteiger partial charge in [-0.1, -0.05) is 12.1 Å². The largest absolute Gasteiger partial charge is 0.456 e. The third-order valence-corrected chi connectivity index (χ3v) is 7.83. The zero-order chi connectivity index (χ0) is 24.3. The van der Waals surface area contributed by atoms with Gasteiger partial charge in [0.2, 0.25) is 0 Å². The Kier molecular flexibility index (Phi) is 2.19. The second-order valence-electron chi connectivity index (χ2n) is 9.06. The number of hydrogen-bond donors (Lipinski definition) is 0. The molecule has 0 amide bonds. The quantitative estimate of drug-likeness (QED) is 0.344. The van der Waals surface area contributed by atoms with E-state index in [0.29, 0.717) is 29.4 Å². The minimum Gasteiger partial charge on any atom is -0.456 e. The highest BCUT2D eigenvalue weighted by Gasteiger charge is 2.49. The summed E-state index contributed by atoms with van der Waals surface area (Å²) in [5.74, 6) is 1.95. The number of pyridine rings is 1. The summed E-state index contributed by atoms with van der Waals surface area (Å²) < 4.78 is 53.9. The fraction of sp³-hybridized carbons (Fsp3) is 0.370. The first-order valence-corrected chi connectivity index (χ1v) is 10.6. The maximum atomic E-state index is 8.03. The summed E-state index contributed by atoms with van der Waals surface area (Å²) in [6, 6.07) is 11.8. The summed E-state index contributed by atoms with van der Waals surface area (Å²) in [6.07, 6.45) is 6.14. The Bertz CT molecular complexity index is 1510. The van der Waals surface area contributed by atoms with Crippen LogP contribution in [-0.4, -0.2) is 4.98 Å². The van der Waals surface area contributed by atoms with Gasteiger partial charge >= 0.3 is 0 Å². The molecule has 2 nitrogen and oxygen atoms in total. The number of rotatable bonds is 1. The lowest BCUT2D eigenvalue weighted by molar-refractivity contribution is 0.114. The molecule has 0 saturated heterocycles. The zero-order valence-corrected chi connectivity index (χ0v) is 16.0. The van der Waals surface area contributed by atoms with Crippen LogP contribution in [-0.2, 0) is 0 Å². The van der Waals surface area contributed by atoms with Crippen LogP contribution in [0.2, 0.25) is 0 Å². The van der Waals surface area contributed by atoms with E-state index in [0.717, 1.165) is 22.1 Å². The predicted octanol–water partition coefficient (Wildman–Crippen LogP) is 7.27. The second kappa shape index (κ2) is 5.50. The zero-order valence-electron chi connectivity index (χ0n) is 22.0. The molecule has 2 heterocycles. The molecule has 2 unspecified atom stereocenters. The van der Waals surface area contributed by atoms with Crippen molar-refractivity contribution in [3.8, 4) is 11.3 Å². The van der Waals surface area contributed by atoms with Crippen molar-refractivity contribution >= 4 is 21.9 Å². The van der Waals surface area contributed by atoms with Gasteiger partial charge in [-0.2, -0.15) is 0 Å². The molecular weight excluding hydrogens is 354 g/mol. The highest BCUT2D eigenvalue weighted by Crippen LogP contribution is 2.63. The number of aromatic nitrogens is 1. The molecule has 29 heavy (non-hydrogen) atoms. The monoisotopic (exact) mass is 385 g/mol. The molecule has 8 rings (SSSR count). The molecule has 2 aromatic heterocycles. The van der Waals surface area contributed by atoms with Crippen LogP contribution in [0.3, 0.4) is 0 Å². The predicted molar refractivity (Wildman–Crippen MR) is 117 cm³/mol. The number of nitrogens with zero attached hydrogens (tertiary/aromatic N) is 1. The van der Waals surface area contributed by atoms with E-state index in [-0.39, 0.29) is 11.1 Å². The molecule has 3 saturated carbocycles. The number of aryl methyl sites for hydroxylation is 2. The Morgan fingerprint density at radius 3 is 2.52 bits per heavy atom. The van der Waals surface area contributed by atoms with Gasteiger partial charge in [0.25, 0.3) is 0 Å². The van der Waals surface area contributed by atoms with Crippen LogP contribution in [0.15, 0.2) is 47.0 Å². The van der Waals surface area contributed by atoms with E-state index < -0.39 is 13.7 Å². The van der Waals surface area contributed by atoms with E-state index in [1.807, 2.05) is 18.2 Å². The molecule has 0 aliphatic heterocycles. The minimum atomic E-state index is -2.55. The van der Waals surface area contributed by atoms with Gasteiger partial charge in [0.05, 0.1) is 5.69 Å². The van der Waals surface area contributed by atoms with E-state index in [1.54, 1.807) is 0 Å². The first kappa shape index (κ1) is 11.5. The maximum absolute atomic E-state index is 8.03. The lowest BCUT2D eigenvalue weighted by Gasteiger charge is -2.51. The van der Waals surface area contributed by atoms with E-state index in [4.69, 9.17) is 12.6 Å². The Hall–Kier alpha value is -2.61. The van der Waals surface area contributed by atoms with Crippen LogP contribution in [0.5, 0.6) is 0 Å². The maximum Gasteiger partial charge on any atom is 0.135 e. The van der Waals surface area contributed by atoms with Crippen molar-refractivity contribution in [3.63, 3.8) is 0 Å². The van der Waals surface area contributed by atoms with Gasteiger partial charge in [0, 0.05) is 30.8 Å². The van der Waals surface area contributed by atoms with Gasteiger partial charge in [-0.15, -0.1) is 0 Å². The van der Waals surface area contributed by atoms with E-state index in [2.05, 4.69) is 17.1 Å². The normalized spacial score (nSPS) is 31.0. The standard InChI is InChI=1S/C27H25NO/c1-14-12-20(28-13-15(14)2)18-10-11-22-27-25-19(4-3-5-21(25)29-22)23-16-6-8-17(9-7-16)24(23)26(18)27/h3-5,10-13,16-17,23-24H,6-9H2,1-2H3/i1D3,2D3. The number of benzene rings is 2. The molecule has 4 aliphatic carbocycles. The van der Waals surface area contributed by atoms with Gasteiger partial charge in [0.1, 0.15) is 11.2 Å². The molecule has 4 aliphatic rings. The van der Waals surface area contributed by atoms with E-state index in [1.165, 1.54) is 54.5 Å². The fourth-order valence-electron chi connectivity index (χ4n) is 6.72. The van der Waals surface area contributed by atoms with Crippen LogP contribution in [0.25, 0.3) is 33.2 Å². The molecule has 0 spiro atoms. The lowest BCUT2D eigenvalue weighted by atomic mass is 9.52. The topological polar surface area (TPSA) is 26.0 Å². The first-order valence-electron chi connectivity index (χ1n) is 13.6. The summed E-state index contributed by atoms with van der Waals surface area (Å²) in [7, 11) is 0. The molecule has 0 N–H and O–H groups in total. The van der Waals surface area contributed by atoms with Crippen molar-refractivity contribution in [1.29, 1.82) is 0 Å². The van der Waals surface area contributed by atoms with Crippen molar-refractivity contribution in [1.82, 2.24) is 4.98 Å². The van der Waals surface area contributed by atoms with Crippen LogP contribution >= 0.6 is 0 Å². The van der Waals surface area contributed by atoms with Gasteiger partial charge < -0.3 is 4.42 Å². The molecule has 2 atom stereocenters.